The number of rotatable bonds is 5. The third-order valence-electron chi connectivity index (χ3n) is 15.9. The number of carbonyl (C=O) groups is 2. The molecule has 13 heteroatoms. The number of fused-ring (bicyclic) bond motifs is 8. The number of ketones is 2. The van der Waals surface area contributed by atoms with Crippen LogP contribution in [0.5, 0.6) is 0 Å². The number of hydrogen-bond acceptors (Lipinski definition) is 10. The highest BCUT2D eigenvalue weighted by atomic mass is 19.1. The molecular formula is C59H41F3N8O2. The molecule has 0 saturated carbocycles. The summed E-state index contributed by atoms with van der Waals surface area (Å²) in [5.41, 5.74) is 5.62. The molecule has 6 atom stereocenters. The lowest BCUT2D eigenvalue weighted by molar-refractivity contribution is -0.121. The van der Waals surface area contributed by atoms with E-state index in [-0.39, 0.29) is 57.0 Å². The summed E-state index contributed by atoms with van der Waals surface area (Å²) in [5.74, 6) is -3.12. The van der Waals surface area contributed by atoms with E-state index in [9.17, 15) is 20.1 Å². The zero-order valence-corrected chi connectivity index (χ0v) is 39.6. The van der Waals surface area contributed by atoms with Gasteiger partial charge in [0.2, 0.25) is 0 Å². The van der Waals surface area contributed by atoms with Crippen LogP contribution in [-0.4, -0.2) is 41.5 Å². The quantitative estimate of drug-likeness (QED) is 0.162. The number of carbonyl (C=O) groups excluding carboxylic acids is 2. The van der Waals surface area contributed by atoms with Gasteiger partial charge in [0.1, 0.15) is 35.1 Å². The average Bonchev–Trinajstić information content (AvgIpc) is 3.86. The Balaban J connectivity index is 1.05. The molecule has 4 aromatic heterocycles. The average molecular weight is 951 g/mol. The van der Waals surface area contributed by atoms with Gasteiger partial charge in [-0.05, 0) is 85.7 Å². The monoisotopic (exact) mass is 950 g/mol. The largest absolute Gasteiger partial charge is 0.293 e. The van der Waals surface area contributed by atoms with Crippen LogP contribution in [0.2, 0.25) is 0 Å². The van der Waals surface area contributed by atoms with Crippen molar-refractivity contribution in [1.82, 2.24) is 29.9 Å². The SMILES string of the molecule is Cc1cc(-c2nc(-c3cc(-c4ccc(-c5nc(-c6ccccc6F)c6c(n5)[C@]5(C)C=C(C#N)C(=O)[C@H](C)[C@H]5C6)c5cccnc45)ccc3F)c3c(n2)[C@]2(C)C=C(C#N)C(=O)[C@H](C)[C@H]2C3)c2cccc(F)c2n1. The van der Waals surface area contributed by atoms with Gasteiger partial charge in [-0.25, -0.2) is 38.1 Å². The molecule has 12 rings (SSSR count). The summed E-state index contributed by atoms with van der Waals surface area (Å²) in [5, 5.41) is 21.3. The Kier molecular flexibility index (Phi) is 9.91. The second-order valence-electron chi connectivity index (χ2n) is 20.0. The smallest absolute Gasteiger partial charge is 0.176 e. The van der Waals surface area contributed by atoms with Crippen molar-refractivity contribution in [2.24, 2.45) is 23.7 Å². The predicted octanol–water partition coefficient (Wildman–Crippen LogP) is 11.6. The van der Waals surface area contributed by atoms with Crippen LogP contribution >= 0.6 is 0 Å². The molecule has 0 aliphatic heterocycles. The van der Waals surface area contributed by atoms with E-state index in [4.69, 9.17) is 24.9 Å². The first-order chi connectivity index (χ1) is 34.6. The van der Waals surface area contributed by atoms with Crippen molar-refractivity contribution >= 4 is 33.4 Å². The minimum atomic E-state index is -0.904. The summed E-state index contributed by atoms with van der Waals surface area (Å²) < 4.78 is 48.1. The minimum Gasteiger partial charge on any atom is -0.293 e. The summed E-state index contributed by atoms with van der Waals surface area (Å²) in [4.78, 5) is 56.9. The molecule has 10 nitrogen and oxygen atoms in total. The van der Waals surface area contributed by atoms with Crippen LogP contribution in [0.3, 0.4) is 0 Å². The van der Waals surface area contributed by atoms with Gasteiger partial charge in [0.05, 0.1) is 39.4 Å². The van der Waals surface area contributed by atoms with Crippen molar-refractivity contribution in [1.29, 1.82) is 10.5 Å². The van der Waals surface area contributed by atoms with Crippen LogP contribution in [0.25, 0.3) is 78.2 Å². The first-order valence-corrected chi connectivity index (χ1v) is 23.8. The molecule has 350 valence electrons. The second-order valence-corrected chi connectivity index (χ2v) is 20.0. The van der Waals surface area contributed by atoms with E-state index in [0.29, 0.717) is 91.2 Å². The molecular weight excluding hydrogens is 910 g/mol. The maximum absolute atomic E-state index is 16.9. The maximum atomic E-state index is 16.9. The first kappa shape index (κ1) is 44.6. The van der Waals surface area contributed by atoms with Crippen LogP contribution in [0.4, 0.5) is 13.2 Å². The highest BCUT2D eigenvalue weighted by Crippen LogP contribution is 2.55. The number of aryl methyl sites for hydroxylation is 1. The Morgan fingerprint density at radius 1 is 0.569 bits per heavy atom. The van der Waals surface area contributed by atoms with Crippen LogP contribution in [0, 0.1) is 70.7 Å². The lowest BCUT2D eigenvalue weighted by Crippen LogP contribution is -2.40. The van der Waals surface area contributed by atoms with Gasteiger partial charge in [-0.2, -0.15) is 10.5 Å². The molecule has 8 aromatic rings. The molecule has 72 heavy (non-hydrogen) atoms. The number of hydrogen-bond donors (Lipinski definition) is 0. The molecule has 4 aliphatic rings. The molecule has 0 bridgehead atoms. The minimum absolute atomic E-state index is 0.0382. The first-order valence-electron chi connectivity index (χ1n) is 23.8. The molecule has 0 N–H and O–H groups in total. The highest BCUT2D eigenvalue weighted by molar-refractivity contribution is 6.04. The normalized spacial score (nSPS) is 22.9. The summed E-state index contributed by atoms with van der Waals surface area (Å²) >= 11 is 0. The molecule has 4 aliphatic carbocycles. The number of allylic oxidation sites excluding steroid dienone is 4. The molecule has 0 spiro atoms. The third-order valence-corrected chi connectivity index (χ3v) is 15.9. The highest BCUT2D eigenvalue weighted by Gasteiger charge is 2.54. The lowest BCUT2D eigenvalue weighted by Gasteiger charge is -2.36. The fourth-order valence-electron chi connectivity index (χ4n) is 12.3. The predicted molar refractivity (Wildman–Crippen MR) is 265 cm³/mol. The molecule has 0 amide bonds. The van der Waals surface area contributed by atoms with Crippen molar-refractivity contribution in [2.45, 2.75) is 58.3 Å². The molecule has 0 fully saturated rings. The molecule has 0 unspecified atom stereocenters. The number of Topliss-reactive ketones (excluding diaryl/α,β-unsaturated/α-hetero) is 2. The Hall–Kier alpha value is -8.55. The number of halogens is 3. The van der Waals surface area contributed by atoms with E-state index in [2.05, 4.69) is 17.1 Å². The van der Waals surface area contributed by atoms with Gasteiger partial charge >= 0.3 is 0 Å². The van der Waals surface area contributed by atoms with E-state index < -0.39 is 40.1 Å². The molecule has 4 aromatic carbocycles. The van der Waals surface area contributed by atoms with Crippen molar-refractivity contribution in [2.75, 3.05) is 0 Å². The molecule has 0 radical (unpaired) electrons. The van der Waals surface area contributed by atoms with E-state index in [1.165, 1.54) is 18.2 Å². The number of benzene rings is 4. The Morgan fingerprint density at radius 2 is 1.12 bits per heavy atom. The molecule has 4 heterocycles. The summed E-state index contributed by atoms with van der Waals surface area (Å²) in [6.45, 7) is 9.32. The second kappa shape index (κ2) is 16.0. The van der Waals surface area contributed by atoms with Gasteiger partial charge in [-0.1, -0.05) is 82.3 Å². The summed E-state index contributed by atoms with van der Waals surface area (Å²) in [7, 11) is 0. The number of nitriles is 2. The van der Waals surface area contributed by atoms with E-state index in [1.807, 2.05) is 45.9 Å². The number of pyridine rings is 2. The topological polar surface area (TPSA) is 159 Å². The third kappa shape index (κ3) is 6.39. The van der Waals surface area contributed by atoms with Gasteiger partial charge in [0, 0.05) is 84.3 Å². The zero-order valence-electron chi connectivity index (χ0n) is 39.6. The number of para-hydroxylation sites is 1. The fourth-order valence-corrected chi connectivity index (χ4v) is 12.3. The lowest BCUT2D eigenvalue weighted by atomic mass is 9.65. The van der Waals surface area contributed by atoms with Crippen molar-refractivity contribution in [3.63, 3.8) is 0 Å². The number of nitrogens with zero attached hydrogens (tertiary/aromatic N) is 8. The van der Waals surface area contributed by atoms with Gasteiger partial charge in [-0.3, -0.25) is 14.6 Å². The fraction of sp³-hybridized carbons (Fsp3) is 0.220. The Bertz CT molecular complexity index is 3950. The van der Waals surface area contributed by atoms with Crippen LogP contribution in [0.1, 0.15) is 55.9 Å². The van der Waals surface area contributed by atoms with Gasteiger partial charge < -0.3 is 0 Å². The Morgan fingerprint density at radius 3 is 1.76 bits per heavy atom. The summed E-state index contributed by atoms with van der Waals surface area (Å²) in [6.07, 6.45) is 5.81. The van der Waals surface area contributed by atoms with Gasteiger partial charge in [0.15, 0.2) is 23.2 Å². The van der Waals surface area contributed by atoms with Crippen molar-refractivity contribution < 1.29 is 22.8 Å². The van der Waals surface area contributed by atoms with Crippen molar-refractivity contribution in [3.05, 3.63) is 166 Å². The van der Waals surface area contributed by atoms with Crippen molar-refractivity contribution in [3.8, 4) is 68.6 Å². The van der Waals surface area contributed by atoms with E-state index >= 15 is 13.2 Å². The van der Waals surface area contributed by atoms with Gasteiger partial charge in [-0.15, -0.1) is 0 Å². The number of aromatic nitrogens is 6. The standard InChI is InChI=1S/C59H41F3N8O2/c1-28-20-39(36-11-8-14-47(62)51(36)66-28)57-68-50(42-23-44-30(3)53(72)33(27-64)25-59(44,5)55(42)70-57)40-21-31(15-18-46(40)61)34-16-17-37(35-12-9-19-65-48(34)35)56-67-49(38-10-6-7-13-45(38)60)41-22-43-29(2)52(71)32(26-63)24-58(43,4)54(41)69-56/h6-21,24-25,29-30,43-44H,22-23H2,1-5H3/t29-,30-,43-,44-,58-,59-/m1/s1. The van der Waals surface area contributed by atoms with E-state index in [0.717, 1.165) is 5.56 Å². The van der Waals surface area contributed by atoms with Gasteiger partial charge in [0.25, 0.3) is 0 Å². The zero-order chi connectivity index (χ0) is 50.1. The van der Waals surface area contributed by atoms with Crippen LogP contribution < -0.4 is 0 Å². The Labute approximate surface area is 411 Å². The van der Waals surface area contributed by atoms with Crippen LogP contribution in [0.15, 0.2) is 120 Å². The maximum Gasteiger partial charge on any atom is 0.176 e. The van der Waals surface area contributed by atoms with E-state index in [1.54, 1.807) is 79.9 Å². The summed E-state index contributed by atoms with van der Waals surface area (Å²) in [6, 6.07) is 29.3. The molecule has 0 saturated heterocycles. The van der Waals surface area contributed by atoms with Crippen LogP contribution in [-0.2, 0) is 33.3 Å².